The van der Waals surface area contributed by atoms with Crippen molar-refractivity contribution in [3.8, 4) is 0 Å². The van der Waals surface area contributed by atoms with E-state index in [9.17, 15) is 8.42 Å². The first kappa shape index (κ1) is 19.1. The molecule has 1 aliphatic heterocycles. The van der Waals surface area contributed by atoms with Gasteiger partial charge in [-0.2, -0.15) is 4.31 Å². The Hall–Kier alpha value is -1.70. The lowest BCUT2D eigenvalue weighted by Crippen LogP contribution is -2.48. The molecule has 1 saturated heterocycles. The molecule has 2 heterocycles. The van der Waals surface area contributed by atoms with E-state index in [1.54, 1.807) is 13.8 Å². The van der Waals surface area contributed by atoms with Gasteiger partial charge in [0.2, 0.25) is 10.0 Å². The molecule has 7 heteroatoms. The molecule has 0 amide bonds. The molecular weight excluding hydrogens is 350 g/mol. The van der Waals surface area contributed by atoms with Gasteiger partial charge in [0, 0.05) is 32.7 Å². The van der Waals surface area contributed by atoms with E-state index < -0.39 is 10.0 Å². The van der Waals surface area contributed by atoms with E-state index in [1.165, 1.54) is 15.4 Å². The monoisotopic (exact) mass is 377 g/mol. The Kier molecular flexibility index (Phi) is 5.50. The van der Waals surface area contributed by atoms with Gasteiger partial charge in [0.25, 0.3) is 0 Å². The number of benzene rings is 1. The summed E-state index contributed by atoms with van der Waals surface area (Å²) in [6.07, 6.45) is 0. The Morgan fingerprint density at radius 2 is 1.69 bits per heavy atom. The van der Waals surface area contributed by atoms with Gasteiger partial charge in [0.15, 0.2) is 5.76 Å². The molecule has 0 spiro atoms. The lowest BCUT2D eigenvalue weighted by Gasteiger charge is -2.33. The van der Waals surface area contributed by atoms with E-state index >= 15 is 0 Å². The fourth-order valence-corrected chi connectivity index (χ4v) is 5.08. The van der Waals surface area contributed by atoms with Crippen LogP contribution in [0.3, 0.4) is 0 Å². The maximum absolute atomic E-state index is 12.9. The summed E-state index contributed by atoms with van der Waals surface area (Å²) in [5, 5.41) is 3.78. The minimum Gasteiger partial charge on any atom is -0.360 e. The summed E-state index contributed by atoms with van der Waals surface area (Å²) in [7, 11) is -3.54. The van der Waals surface area contributed by atoms with Crippen molar-refractivity contribution in [3.05, 3.63) is 46.8 Å². The first-order valence-electron chi connectivity index (χ1n) is 9.03. The van der Waals surface area contributed by atoms with Crippen LogP contribution in [0.25, 0.3) is 0 Å². The first-order chi connectivity index (χ1) is 12.3. The van der Waals surface area contributed by atoms with Gasteiger partial charge in [-0.05, 0) is 30.9 Å². The van der Waals surface area contributed by atoms with E-state index in [2.05, 4.69) is 48.2 Å². The quantitative estimate of drug-likeness (QED) is 0.801. The Bertz CT molecular complexity index is 829. The standard InChI is InChI=1S/C19H27N3O3S/c1-14(2)18-7-5-17(6-8-18)13-21-9-11-22(12-10-21)26(23,24)19-15(3)20-25-16(19)4/h5-8,14H,9-13H2,1-4H3. The maximum Gasteiger partial charge on any atom is 0.248 e. The van der Waals surface area contributed by atoms with Crippen molar-refractivity contribution < 1.29 is 12.9 Å². The summed E-state index contributed by atoms with van der Waals surface area (Å²) in [6, 6.07) is 8.70. The van der Waals surface area contributed by atoms with Crippen LogP contribution in [0.2, 0.25) is 0 Å². The second-order valence-corrected chi connectivity index (χ2v) is 9.10. The molecule has 26 heavy (non-hydrogen) atoms. The zero-order valence-electron chi connectivity index (χ0n) is 15.9. The highest BCUT2D eigenvalue weighted by molar-refractivity contribution is 7.89. The van der Waals surface area contributed by atoms with Crippen molar-refractivity contribution in [1.29, 1.82) is 0 Å². The van der Waals surface area contributed by atoms with Crippen LogP contribution < -0.4 is 0 Å². The molecule has 2 aromatic rings. The lowest BCUT2D eigenvalue weighted by atomic mass is 10.0. The Morgan fingerprint density at radius 1 is 1.08 bits per heavy atom. The number of aryl methyl sites for hydroxylation is 2. The van der Waals surface area contributed by atoms with Crippen LogP contribution in [0, 0.1) is 13.8 Å². The van der Waals surface area contributed by atoms with E-state index in [4.69, 9.17) is 4.52 Å². The van der Waals surface area contributed by atoms with Gasteiger partial charge in [-0.3, -0.25) is 4.90 Å². The van der Waals surface area contributed by atoms with Crippen molar-refractivity contribution in [3.63, 3.8) is 0 Å². The van der Waals surface area contributed by atoms with Crippen LogP contribution in [0.5, 0.6) is 0 Å². The Morgan fingerprint density at radius 3 is 2.19 bits per heavy atom. The zero-order valence-corrected chi connectivity index (χ0v) is 16.7. The van der Waals surface area contributed by atoms with Crippen LogP contribution in [0.15, 0.2) is 33.7 Å². The highest BCUT2D eigenvalue weighted by Gasteiger charge is 2.33. The third-order valence-corrected chi connectivity index (χ3v) is 7.09. The zero-order chi connectivity index (χ0) is 18.9. The minimum atomic E-state index is -3.54. The third-order valence-electron chi connectivity index (χ3n) is 4.95. The number of aromatic nitrogens is 1. The van der Waals surface area contributed by atoms with Crippen LogP contribution in [-0.2, 0) is 16.6 Å². The molecule has 0 aliphatic carbocycles. The highest BCUT2D eigenvalue weighted by Crippen LogP contribution is 2.24. The molecule has 0 bridgehead atoms. The summed E-state index contributed by atoms with van der Waals surface area (Å²) in [5.74, 6) is 0.886. The number of hydrogen-bond donors (Lipinski definition) is 0. The second-order valence-electron chi connectivity index (χ2n) is 7.23. The topological polar surface area (TPSA) is 66.7 Å². The normalized spacial score (nSPS) is 17.1. The fourth-order valence-electron chi connectivity index (χ4n) is 3.37. The van der Waals surface area contributed by atoms with Gasteiger partial charge in [0.05, 0.1) is 0 Å². The lowest BCUT2D eigenvalue weighted by molar-refractivity contribution is 0.181. The molecule has 6 nitrogen and oxygen atoms in total. The number of hydrogen-bond acceptors (Lipinski definition) is 5. The van der Waals surface area contributed by atoms with Crippen molar-refractivity contribution >= 4 is 10.0 Å². The molecule has 0 unspecified atom stereocenters. The van der Waals surface area contributed by atoms with Crippen LogP contribution in [0.1, 0.15) is 42.3 Å². The molecule has 142 valence electrons. The van der Waals surface area contributed by atoms with Crippen molar-refractivity contribution in [2.24, 2.45) is 0 Å². The van der Waals surface area contributed by atoms with Gasteiger partial charge >= 0.3 is 0 Å². The summed E-state index contributed by atoms with van der Waals surface area (Å²) in [5.41, 5.74) is 3.02. The fraction of sp³-hybridized carbons (Fsp3) is 0.526. The first-order valence-corrected chi connectivity index (χ1v) is 10.5. The molecule has 1 fully saturated rings. The average Bonchev–Trinajstić information content (AvgIpc) is 2.95. The Labute approximate surface area is 155 Å². The van der Waals surface area contributed by atoms with E-state index in [0.29, 0.717) is 43.6 Å². The van der Waals surface area contributed by atoms with Crippen molar-refractivity contribution in [2.45, 2.75) is 45.1 Å². The molecule has 0 radical (unpaired) electrons. The number of rotatable bonds is 5. The number of nitrogens with zero attached hydrogens (tertiary/aromatic N) is 3. The van der Waals surface area contributed by atoms with Crippen LogP contribution in [0.4, 0.5) is 0 Å². The van der Waals surface area contributed by atoms with Crippen LogP contribution >= 0.6 is 0 Å². The summed E-state index contributed by atoms with van der Waals surface area (Å²) in [6.45, 7) is 10.9. The average molecular weight is 378 g/mol. The van der Waals surface area contributed by atoms with Gasteiger partial charge in [-0.15, -0.1) is 0 Å². The highest BCUT2D eigenvalue weighted by atomic mass is 32.2. The summed E-state index contributed by atoms with van der Waals surface area (Å²) >= 11 is 0. The van der Waals surface area contributed by atoms with Gasteiger partial charge in [-0.1, -0.05) is 43.3 Å². The molecule has 1 aromatic carbocycles. The molecular formula is C19H27N3O3S. The Balaban J connectivity index is 1.62. The van der Waals surface area contributed by atoms with Gasteiger partial charge in [-0.25, -0.2) is 8.42 Å². The number of sulfonamides is 1. The summed E-state index contributed by atoms with van der Waals surface area (Å²) < 4.78 is 32.3. The third kappa shape index (κ3) is 3.84. The molecule has 0 saturated carbocycles. The number of piperazine rings is 1. The predicted octanol–water partition coefficient (Wildman–Crippen LogP) is 2.92. The van der Waals surface area contributed by atoms with Crippen molar-refractivity contribution in [2.75, 3.05) is 26.2 Å². The minimum absolute atomic E-state index is 0.218. The molecule has 1 aliphatic rings. The SMILES string of the molecule is Cc1noc(C)c1S(=O)(=O)N1CCN(Cc2ccc(C(C)C)cc2)CC1. The van der Waals surface area contributed by atoms with Gasteiger partial charge < -0.3 is 4.52 Å². The van der Waals surface area contributed by atoms with Crippen LogP contribution in [-0.4, -0.2) is 49.0 Å². The summed E-state index contributed by atoms with van der Waals surface area (Å²) in [4.78, 5) is 2.51. The predicted molar refractivity (Wildman–Crippen MR) is 101 cm³/mol. The van der Waals surface area contributed by atoms with E-state index in [1.807, 2.05) is 0 Å². The van der Waals surface area contributed by atoms with E-state index in [-0.39, 0.29) is 4.90 Å². The second kappa shape index (κ2) is 7.50. The molecule has 0 atom stereocenters. The molecule has 3 rings (SSSR count). The van der Waals surface area contributed by atoms with Gasteiger partial charge in [0.1, 0.15) is 10.6 Å². The maximum atomic E-state index is 12.9. The molecule has 0 N–H and O–H groups in total. The van der Waals surface area contributed by atoms with Crippen molar-refractivity contribution in [1.82, 2.24) is 14.4 Å². The van der Waals surface area contributed by atoms with E-state index in [0.717, 1.165) is 6.54 Å². The molecule has 1 aromatic heterocycles. The largest absolute Gasteiger partial charge is 0.360 e. The smallest absolute Gasteiger partial charge is 0.248 e.